The van der Waals surface area contributed by atoms with E-state index in [4.69, 9.17) is 5.73 Å². The van der Waals surface area contributed by atoms with Gasteiger partial charge in [0.25, 0.3) is 0 Å². The van der Waals surface area contributed by atoms with Gasteiger partial charge in [-0.1, -0.05) is 6.92 Å². The maximum atomic E-state index is 5.72. The predicted molar refractivity (Wildman–Crippen MR) is 61.8 cm³/mol. The topological polar surface area (TPSA) is 55.0 Å². The van der Waals surface area contributed by atoms with Crippen LogP contribution in [0, 0.1) is 12.8 Å². The standard InChI is InChI=1S/C11H18N4/c1-8-3-5-15(6-4-8)11-13-9(2)7-10(12)14-11/h7-8H,3-6H2,1-2H3,(H2,12,13,14). The molecule has 0 unspecified atom stereocenters. The third kappa shape index (κ3) is 2.37. The second-order valence-corrected chi connectivity index (χ2v) is 4.40. The van der Waals surface area contributed by atoms with Crippen LogP contribution in [0.5, 0.6) is 0 Å². The zero-order valence-electron chi connectivity index (χ0n) is 9.40. The summed E-state index contributed by atoms with van der Waals surface area (Å²) in [4.78, 5) is 10.9. The van der Waals surface area contributed by atoms with Gasteiger partial charge in [-0.05, 0) is 25.7 Å². The van der Waals surface area contributed by atoms with Gasteiger partial charge in [0.1, 0.15) is 5.82 Å². The minimum atomic E-state index is 0.566. The minimum absolute atomic E-state index is 0.566. The smallest absolute Gasteiger partial charge is 0.227 e. The van der Waals surface area contributed by atoms with Crippen LogP contribution in [0.25, 0.3) is 0 Å². The molecule has 2 N–H and O–H groups in total. The molecule has 0 aliphatic carbocycles. The molecule has 4 heteroatoms. The molecular weight excluding hydrogens is 188 g/mol. The number of rotatable bonds is 1. The van der Waals surface area contributed by atoms with Crippen molar-refractivity contribution >= 4 is 11.8 Å². The summed E-state index contributed by atoms with van der Waals surface area (Å²) in [5.74, 6) is 2.18. The van der Waals surface area contributed by atoms with E-state index in [-0.39, 0.29) is 0 Å². The molecule has 1 saturated heterocycles. The Labute approximate surface area is 90.5 Å². The molecular formula is C11H18N4. The number of hydrogen-bond acceptors (Lipinski definition) is 4. The molecule has 0 amide bonds. The molecule has 1 aromatic heterocycles. The monoisotopic (exact) mass is 206 g/mol. The average Bonchev–Trinajstić information content (AvgIpc) is 2.17. The van der Waals surface area contributed by atoms with Gasteiger partial charge in [-0.25, -0.2) is 4.98 Å². The number of hydrogen-bond donors (Lipinski definition) is 1. The van der Waals surface area contributed by atoms with Crippen molar-refractivity contribution in [1.29, 1.82) is 0 Å². The summed E-state index contributed by atoms with van der Waals surface area (Å²) in [7, 11) is 0. The molecule has 1 aliphatic heterocycles. The Balaban J connectivity index is 2.15. The maximum Gasteiger partial charge on any atom is 0.227 e. The minimum Gasteiger partial charge on any atom is -0.384 e. The highest BCUT2D eigenvalue weighted by atomic mass is 15.3. The Hall–Kier alpha value is -1.32. The van der Waals surface area contributed by atoms with Gasteiger partial charge in [-0.15, -0.1) is 0 Å². The third-order valence-corrected chi connectivity index (χ3v) is 2.93. The van der Waals surface area contributed by atoms with Crippen LogP contribution < -0.4 is 10.6 Å². The van der Waals surface area contributed by atoms with Crippen molar-refractivity contribution in [2.24, 2.45) is 5.92 Å². The van der Waals surface area contributed by atoms with Crippen molar-refractivity contribution in [3.8, 4) is 0 Å². The molecule has 0 bridgehead atoms. The molecule has 4 nitrogen and oxygen atoms in total. The van der Waals surface area contributed by atoms with E-state index in [9.17, 15) is 0 Å². The first-order chi connectivity index (χ1) is 7.15. The van der Waals surface area contributed by atoms with Crippen LogP contribution in [0.15, 0.2) is 6.07 Å². The van der Waals surface area contributed by atoms with Crippen molar-refractivity contribution in [1.82, 2.24) is 9.97 Å². The van der Waals surface area contributed by atoms with Crippen LogP contribution in [-0.2, 0) is 0 Å². The van der Waals surface area contributed by atoms with Crippen LogP contribution in [-0.4, -0.2) is 23.1 Å². The van der Waals surface area contributed by atoms with Crippen LogP contribution in [0.1, 0.15) is 25.5 Å². The van der Waals surface area contributed by atoms with Gasteiger partial charge in [0.15, 0.2) is 0 Å². The van der Waals surface area contributed by atoms with Crippen molar-refractivity contribution in [2.45, 2.75) is 26.7 Å². The highest BCUT2D eigenvalue weighted by molar-refractivity contribution is 5.40. The Morgan fingerprint density at radius 3 is 2.60 bits per heavy atom. The van der Waals surface area contributed by atoms with Crippen LogP contribution >= 0.6 is 0 Å². The Bertz CT molecular complexity index is 322. The molecule has 2 rings (SSSR count). The first kappa shape index (κ1) is 10.2. The fourth-order valence-corrected chi connectivity index (χ4v) is 1.93. The van der Waals surface area contributed by atoms with Crippen LogP contribution in [0.4, 0.5) is 11.8 Å². The molecule has 82 valence electrons. The summed E-state index contributed by atoms with van der Waals surface area (Å²) in [5, 5.41) is 0. The summed E-state index contributed by atoms with van der Waals surface area (Å²) in [6.45, 7) is 6.34. The van der Waals surface area contributed by atoms with Crippen molar-refractivity contribution in [2.75, 3.05) is 23.7 Å². The number of nitrogens with zero attached hydrogens (tertiary/aromatic N) is 3. The quantitative estimate of drug-likeness (QED) is 0.758. The van der Waals surface area contributed by atoms with Gasteiger partial charge in [0.2, 0.25) is 5.95 Å². The van der Waals surface area contributed by atoms with Gasteiger partial charge in [0.05, 0.1) is 0 Å². The molecule has 1 aromatic rings. The first-order valence-corrected chi connectivity index (χ1v) is 5.51. The lowest BCUT2D eigenvalue weighted by molar-refractivity contribution is 0.434. The molecule has 0 atom stereocenters. The van der Waals surface area contributed by atoms with E-state index in [2.05, 4.69) is 21.8 Å². The second-order valence-electron chi connectivity index (χ2n) is 4.40. The van der Waals surface area contributed by atoms with Crippen LogP contribution in [0.3, 0.4) is 0 Å². The zero-order valence-corrected chi connectivity index (χ0v) is 9.40. The number of nitrogen functional groups attached to an aromatic ring is 1. The van der Waals surface area contributed by atoms with Crippen molar-refractivity contribution < 1.29 is 0 Å². The van der Waals surface area contributed by atoms with E-state index in [0.717, 1.165) is 30.6 Å². The van der Waals surface area contributed by atoms with E-state index in [1.807, 2.05) is 6.92 Å². The Morgan fingerprint density at radius 2 is 2.00 bits per heavy atom. The van der Waals surface area contributed by atoms with Gasteiger partial charge in [-0.3, -0.25) is 0 Å². The Morgan fingerprint density at radius 1 is 1.33 bits per heavy atom. The van der Waals surface area contributed by atoms with Crippen molar-refractivity contribution in [3.63, 3.8) is 0 Å². The molecule has 15 heavy (non-hydrogen) atoms. The fraction of sp³-hybridized carbons (Fsp3) is 0.636. The molecule has 1 aliphatic rings. The van der Waals surface area contributed by atoms with Gasteiger partial charge in [0, 0.05) is 24.8 Å². The molecule has 0 radical (unpaired) electrons. The lowest BCUT2D eigenvalue weighted by Gasteiger charge is -2.30. The number of aryl methyl sites for hydroxylation is 1. The first-order valence-electron chi connectivity index (χ1n) is 5.51. The summed E-state index contributed by atoms with van der Waals surface area (Å²) >= 11 is 0. The SMILES string of the molecule is Cc1cc(N)nc(N2CCC(C)CC2)n1. The summed E-state index contributed by atoms with van der Waals surface area (Å²) < 4.78 is 0. The lowest BCUT2D eigenvalue weighted by Crippen LogP contribution is -2.34. The van der Waals surface area contributed by atoms with Gasteiger partial charge < -0.3 is 10.6 Å². The summed E-state index contributed by atoms with van der Waals surface area (Å²) in [6.07, 6.45) is 2.44. The lowest BCUT2D eigenvalue weighted by atomic mass is 10.00. The molecule has 0 aromatic carbocycles. The van der Waals surface area contributed by atoms with E-state index in [1.165, 1.54) is 12.8 Å². The zero-order chi connectivity index (χ0) is 10.8. The normalized spacial score (nSPS) is 18.1. The number of piperidine rings is 1. The van der Waals surface area contributed by atoms with E-state index in [1.54, 1.807) is 6.07 Å². The van der Waals surface area contributed by atoms with E-state index >= 15 is 0 Å². The number of nitrogens with two attached hydrogens (primary N) is 1. The number of anilines is 2. The average molecular weight is 206 g/mol. The largest absolute Gasteiger partial charge is 0.384 e. The summed E-state index contributed by atoms with van der Waals surface area (Å²) in [6, 6.07) is 1.80. The molecule has 0 saturated carbocycles. The summed E-state index contributed by atoms with van der Waals surface area (Å²) in [5.41, 5.74) is 6.66. The maximum absolute atomic E-state index is 5.72. The third-order valence-electron chi connectivity index (χ3n) is 2.93. The highest BCUT2D eigenvalue weighted by Crippen LogP contribution is 2.20. The Kier molecular flexibility index (Phi) is 2.75. The van der Waals surface area contributed by atoms with E-state index in [0.29, 0.717) is 5.82 Å². The fourth-order valence-electron chi connectivity index (χ4n) is 1.93. The molecule has 0 spiro atoms. The molecule has 1 fully saturated rings. The van der Waals surface area contributed by atoms with Gasteiger partial charge >= 0.3 is 0 Å². The second kappa shape index (κ2) is 4.04. The van der Waals surface area contributed by atoms with Gasteiger partial charge in [-0.2, -0.15) is 4.98 Å². The van der Waals surface area contributed by atoms with E-state index < -0.39 is 0 Å². The predicted octanol–water partition coefficient (Wildman–Crippen LogP) is 1.60. The van der Waals surface area contributed by atoms with Crippen LogP contribution in [0.2, 0.25) is 0 Å². The number of aromatic nitrogens is 2. The highest BCUT2D eigenvalue weighted by Gasteiger charge is 2.18. The molecule has 2 heterocycles. The van der Waals surface area contributed by atoms with Crippen molar-refractivity contribution in [3.05, 3.63) is 11.8 Å².